The largest absolute Gasteiger partial charge is 0.345 e. The van der Waals surface area contributed by atoms with Crippen LogP contribution in [0.5, 0.6) is 0 Å². The van der Waals surface area contributed by atoms with Crippen LogP contribution in [0.25, 0.3) is 0 Å². The number of amides is 2. The van der Waals surface area contributed by atoms with Crippen molar-refractivity contribution < 1.29 is 9.59 Å². The molecule has 0 fully saturated rings. The second kappa shape index (κ2) is 7.09. The Morgan fingerprint density at radius 1 is 1.30 bits per heavy atom. The minimum atomic E-state index is -0.234. The number of anilines is 1. The maximum Gasteiger partial charge on any atom is 0.253 e. The van der Waals surface area contributed by atoms with Gasteiger partial charge in [0, 0.05) is 37.7 Å². The molecule has 122 valence electrons. The molecule has 2 amide bonds. The highest BCUT2D eigenvalue weighted by Gasteiger charge is 2.17. The number of aromatic nitrogens is 2. The van der Waals surface area contributed by atoms with E-state index in [0.717, 1.165) is 5.56 Å². The molecule has 0 aliphatic rings. The first-order valence-corrected chi connectivity index (χ1v) is 7.49. The van der Waals surface area contributed by atoms with Crippen LogP contribution in [0.15, 0.2) is 36.7 Å². The predicted molar refractivity (Wildman–Crippen MR) is 89.2 cm³/mol. The second-order valence-electron chi connectivity index (χ2n) is 5.80. The molecule has 0 aliphatic carbocycles. The Morgan fingerprint density at radius 2 is 2.04 bits per heavy atom. The lowest BCUT2D eigenvalue weighted by Crippen LogP contribution is -2.26. The lowest BCUT2D eigenvalue weighted by atomic mass is 10.0. The van der Waals surface area contributed by atoms with Crippen molar-refractivity contribution >= 4 is 17.5 Å². The zero-order chi connectivity index (χ0) is 17.0. The summed E-state index contributed by atoms with van der Waals surface area (Å²) in [6.45, 7) is 4.19. The summed E-state index contributed by atoms with van der Waals surface area (Å²) in [5.41, 5.74) is 2.02. The molecule has 23 heavy (non-hydrogen) atoms. The Labute approximate surface area is 136 Å². The van der Waals surface area contributed by atoms with Gasteiger partial charge in [-0.3, -0.25) is 14.3 Å². The number of nitrogens with zero attached hydrogens (tertiary/aromatic N) is 3. The fraction of sp³-hybridized carbons (Fsp3) is 0.353. The van der Waals surface area contributed by atoms with E-state index in [0.29, 0.717) is 17.8 Å². The molecule has 2 rings (SSSR count). The summed E-state index contributed by atoms with van der Waals surface area (Å²) >= 11 is 0. The van der Waals surface area contributed by atoms with Crippen molar-refractivity contribution in [1.29, 1.82) is 0 Å². The molecule has 0 saturated heterocycles. The highest BCUT2D eigenvalue weighted by atomic mass is 16.2. The number of rotatable bonds is 5. The third-order valence-electron chi connectivity index (χ3n) is 3.70. The SMILES string of the molecule is Cc1c(NC(=O)C(C)Cn2cccn2)cccc1C(=O)N(C)C. The fourth-order valence-electron chi connectivity index (χ4n) is 2.27. The van der Waals surface area contributed by atoms with E-state index in [9.17, 15) is 9.59 Å². The number of hydrogen-bond donors (Lipinski definition) is 1. The summed E-state index contributed by atoms with van der Waals surface area (Å²) in [4.78, 5) is 26.0. The van der Waals surface area contributed by atoms with Crippen LogP contribution >= 0.6 is 0 Å². The molecule has 1 N–H and O–H groups in total. The third kappa shape index (κ3) is 3.97. The molecule has 1 aromatic heterocycles. The molecular weight excluding hydrogens is 292 g/mol. The first kappa shape index (κ1) is 16.7. The smallest absolute Gasteiger partial charge is 0.253 e. The number of hydrogen-bond acceptors (Lipinski definition) is 3. The maximum atomic E-state index is 12.4. The van der Waals surface area contributed by atoms with Crippen LogP contribution in [0.3, 0.4) is 0 Å². The first-order valence-electron chi connectivity index (χ1n) is 7.49. The Bertz CT molecular complexity index is 693. The van der Waals surface area contributed by atoms with Gasteiger partial charge < -0.3 is 10.2 Å². The van der Waals surface area contributed by atoms with Gasteiger partial charge in [0.15, 0.2) is 0 Å². The Balaban J connectivity index is 2.12. The topological polar surface area (TPSA) is 67.2 Å². The van der Waals surface area contributed by atoms with Gasteiger partial charge in [-0.05, 0) is 30.7 Å². The Kier molecular flexibility index (Phi) is 5.16. The molecule has 0 saturated carbocycles. The lowest BCUT2D eigenvalue weighted by Gasteiger charge is -2.17. The summed E-state index contributed by atoms with van der Waals surface area (Å²) in [6, 6.07) is 7.17. The molecule has 1 aromatic carbocycles. The van der Waals surface area contributed by atoms with E-state index >= 15 is 0 Å². The molecule has 1 atom stereocenters. The fourth-order valence-corrected chi connectivity index (χ4v) is 2.27. The summed E-state index contributed by atoms with van der Waals surface area (Å²) in [5.74, 6) is -0.413. The van der Waals surface area contributed by atoms with Crippen molar-refractivity contribution in [2.24, 2.45) is 5.92 Å². The van der Waals surface area contributed by atoms with Gasteiger partial charge in [0.1, 0.15) is 0 Å². The van der Waals surface area contributed by atoms with E-state index in [4.69, 9.17) is 0 Å². The Morgan fingerprint density at radius 3 is 2.65 bits per heavy atom. The third-order valence-corrected chi connectivity index (χ3v) is 3.70. The van der Waals surface area contributed by atoms with E-state index < -0.39 is 0 Å². The van der Waals surface area contributed by atoms with E-state index in [1.165, 1.54) is 4.90 Å². The van der Waals surface area contributed by atoms with E-state index in [1.54, 1.807) is 43.2 Å². The minimum absolute atomic E-state index is 0.0804. The van der Waals surface area contributed by atoms with Gasteiger partial charge in [0.05, 0.1) is 12.5 Å². The first-order chi connectivity index (χ1) is 10.9. The van der Waals surface area contributed by atoms with E-state index in [1.807, 2.05) is 26.1 Å². The molecular formula is C17H22N4O2. The molecule has 6 nitrogen and oxygen atoms in total. The average molecular weight is 314 g/mol. The normalized spacial score (nSPS) is 11.8. The zero-order valence-electron chi connectivity index (χ0n) is 13.9. The second-order valence-corrected chi connectivity index (χ2v) is 5.80. The van der Waals surface area contributed by atoms with Gasteiger partial charge in [0.2, 0.25) is 5.91 Å². The molecule has 0 aliphatic heterocycles. The van der Waals surface area contributed by atoms with Crippen molar-refractivity contribution in [2.75, 3.05) is 19.4 Å². The highest BCUT2D eigenvalue weighted by Crippen LogP contribution is 2.20. The van der Waals surface area contributed by atoms with Crippen LogP contribution in [-0.2, 0) is 11.3 Å². The van der Waals surface area contributed by atoms with Crippen molar-refractivity contribution in [1.82, 2.24) is 14.7 Å². The van der Waals surface area contributed by atoms with Crippen molar-refractivity contribution in [3.63, 3.8) is 0 Å². The summed E-state index contributed by atoms with van der Waals surface area (Å²) in [7, 11) is 3.42. The summed E-state index contributed by atoms with van der Waals surface area (Å²) < 4.78 is 1.73. The molecule has 0 spiro atoms. The summed E-state index contributed by atoms with van der Waals surface area (Å²) in [5, 5.41) is 7.01. The standard InChI is InChI=1S/C17H22N4O2/c1-12(11-21-10-6-9-18-21)16(22)19-15-8-5-7-14(13(15)2)17(23)20(3)4/h5-10,12H,11H2,1-4H3,(H,19,22). The maximum absolute atomic E-state index is 12.4. The molecule has 1 heterocycles. The van der Waals surface area contributed by atoms with Crippen molar-refractivity contribution in [3.05, 3.63) is 47.8 Å². The molecule has 0 bridgehead atoms. The Hall–Kier alpha value is -2.63. The number of nitrogens with one attached hydrogen (secondary N) is 1. The number of carbonyl (C=O) groups is 2. The molecule has 0 radical (unpaired) electrons. The van der Waals surface area contributed by atoms with Gasteiger partial charge in [-0.1, -0.05) is 13.0 Å². The minimum Gasteiger partial charge on any atom is -0.345 e. The van der Waals surface area contributed by atoms with Crippen molar-refractivity contribution in [3.8, 4) is 0 Å². The summed E-state index contributed by atoms with van der Waals surface area (Å²) in [6.07, 6.45) is 3.51. The van der Waals surface area contributed by atoms with Gasteiger partial charge in [-0.2, -0.15) is 5.10 Å². The molecule has 1 unspecified atom stereocenters. The van der Waals surface area contributed by atoms with Crippen LogP contribution < -0.4 is 5.32 Å². The van der Waals surface area contributed by atoms with E-state index in [-0.39, 0.29) is 17.7 Å². The van der Waals surface area contributed by atoms with Crippen LogP contribution in [0.4, 0.5) is 5.69 Å². The van der Waals surface area contributed by atoms with Crippen molar-refractivity contribution in [2.45, 2.75) is 20.4 Å². The zero-order valence-corrected chi connectivity index (χ0v) is 13.9. The highest BCUT2D eigenvalue weighted by molar-refractivity contribution is 5.99. The predicted octanol–water partition coefficient (Wildman–Crippen LogP) is 2.17. The van der Waals surface area contributed by atoms with Crippen LogP contribution in [0, 0.1) is 12.8 Å². The van der Waals surface area contributed by atoms with Gasteiger partial charge in [-0.15, -0.1) is 0 Å². The van der Waals surface area contributed by atoms with Gasteiger partial charge in [0.25, 0.3) is 5.91 Å². The van der Waals surface area contributed by atoms with Gasteiger partial charge in [-0.25, -0.2) is 0 Å². The lowest BCUT2D eigenvalue weighted by molar-refractivity contribution is -0.119. The number of carbonyl (C=O) groups excluding carboxylic acids is 2. The van der Waals surface area contributed by atoms with Crippen LogP contribution in [-0.4, -0.2) is 40.6 Å². The number of benzene rings is 1. The van der Waals surface area contributed by atoms with Crippen LogP contribution in [0.1, 0.15) is 22.8 Å². The molecule has 2 aromatic rings. The van der Waals surface area contributed by atoms with E-state index in [2.05, 4.69) is 10.4 Å². The monoisotopic (exact) mass is 314 g/mol. The van der Waals surface area contributed by atoms with Crippen LogP contribution in [0.2, 0.25) is 0 Å². The average Bonchev–Trinajstić information content (AvgIpc) is 3.01. The molecule has 6 heteroatoms. The van der Waals surface area contributed by atoms with Gasteiger partial charge >= 0.3 is 0 Å². The quantitative estimate of drug-likeness (QED) is 0.919.